The van der Waals surface area contributed by atoms with Gasteiger partial charge in [-0.05, 0) is 24.9 Å². The molecule has 0 atom stereocenters. The van der Waals surface area contributed by atoms with Crippen LogP contribution in [0, 0.1) is 5.41 Å². The molecule has 0 aliphatic heterocycles. The highest BCUT2D eigenvalue weighted by molar-refractivity contribution is 6.09. The van der Waals surface area contributed by atoms with Crippen LogP contribution in [0.5, 0.6) is 0 Å². The van der Waals surface area contributed by atoms with Gasteiger partial charge in [-0.2, -0.15) is 0 Å². The maximum Gasteiger partial charge on any atom is 0.0864 e. The predicted octanol–water partition coefficient (Wildman–Crippen LogP) is 5.23. The highest BCUT2D eigenvalue weighted by atomic mass is 14.9. The quantitative estimate of drug-likeness (QED) is 0.770. The van der Waals surface area contributed by atoms with Gasteiger partial charge >= 0.3 is 0 Å². The molecule has 3 heteroatoms. The minimum absolute atomic E-state index is 0.109. The van der Waals surface area contributed by atoms with Crippen molar-refractivity contribution in [1.82, 2.24) is 0 Å². The fourth-order valence-electron chi connectivity index (χ4n) is 2.35. The van der Waals surface area contributed by atoms with E-state index in [0.717, 1.165) is 28.3 Å². The van der Waals surface area contributed by atoms with Crippen LogP contribution >= 0.6 is 0 Å². The molecule has 0 fully saturated rings. The molecule has 0 saturated heterocycles. The van der Waals surface area contributed by atoms with Gasteiger partial charge in [0.25, 0.3) is 0 Å². The molecule has 2 rings (SSSR count). The summed E-state index contributed by atoms with van der Waals surface area (Å²) in [5, 5.41) is 3.19. The van der Waals surface area contributed by atoms with Crippen molar-refractivity contribution in [2.45, 2.75) is 20.8 Å². The molecule has 2 aromatic carbocycles. The lowest BCUT2D eigenvalue weighted by atomic mass is 9.84. The van der Waals surface area contributed by atoms with Gasteiger partial charge in [0.1, 0.15) is 0 Å². The number of nitrogens with zero attached hydrogens (tertiary/aromatic N) is 2. The molecular weight excluding hydrogens is 270 g/mol. The van der Waals surface area contributed by atoms with Crippen molar-refractivity contribution in [2.75, 3.05) is 12.4 Å². The zero-order valence-electron chi connectivity index (χ0n) is 13.7. The monoisotopic (exact) mass is 293 g/mol. The number of benzene rings is 2. The minimum Gasteiger partial charge on any atom is -0.386 e. The third kappa shape index (κ3) is 3.42. The third-order valence-electron chi connectivity index (χ3n) is 3.45. The average Bonchev–Trinajstić information content (AvgIpc) is 2.51. The Morgan fingerprint density at radius 3 is 2.14 bits per heavy atom. The molecule has 0 saturated carbocycles. The number of nitrogens with one attached hydrogen (secondary N) is 1. The summed E-state index contributed by atoms with van der Waals surface area (Å²) in [4.78, 5) is 9.09. The SMILES string of the molecule is C=Nc1ccccc1C(=Nc1ccccc1NC)C(C)(C)C. The summed E-state index contributed by atoms with van der Waals surface area (Å²) >= 11 is 0. The van der Waals surface area contributed by atoms with Gasteiger partial charge in [-0.15, -0.1) is 0 Å². The van der Waals surface area contributed by atoms with Crippen molar-refractivity contribution in [1.29, 1.82) is 0 Å². The Bertz CT molecular complexity index is 694. The molecule has 0 bridgehead atoms. The lowest BCUT2D eigenvalue weighted by molar-refractivity contribution is 0.592. The summed E-state index contributed by atoms with van der Waals surface area (Å²) in [5.41, 5.74) is 4.70. The summed E-state index contributed by atoms with van der Waals surface area (Å²) in [7, 11) is 1.91. The molecule has 0 unspecified atom stereocenters. The zero-order valence-corrected chi connectivity index (χ0v) is 13.7. The molecule has 0 radical (unpaired) electrons. The Labute approximate surface area is 132 Å². The Morgan fingerprint density at radius 1 is 0.955 bits per heavy atom. The summed E-state index contributed by atoms with van der Waals surface area (Å²) in [5.74, 6) is 0. The molecule has 0 heterocycles. The van der Waals surface area contributed by atoms with E-state index in [0.29, 0.717) is 0 Å². The highest BCUT2D eigenvalue weighted by Crippen LogP contribution is 2.33. The third-order valence-corrected chi connectivity index (χ3v) is 3.45. The van der Waals surface area contributed by atoms with E-state index < -0.39 is 0 Å². The maximum absolute atomic E-state index is 4.95. The second kappa shape index (κ2) is 6.56. The number of hydrogen-bond acceptors (Lipinski definition) is 3. The lowest BCUT2D eigenvalue weighted by Gasteiger charge is -2.23. The van der Waals surface area contributed by atoms with Crippen LogP contribution in [0.2, 0.25) is 0 Å². The molecule has 0 aliphatic rings. The van der Waals surface area contributed by atoms with E-state index in [4.69, 9.17) is 4.99 Å². The van der Waals surface area contributed by atoms with E-state index in [2.05, 4.69) is 43.9 Å². The van der Waals surface area contributed by atoms with Gasteiger partial charge in [0.15, 0.2) is 0 Å². The molecule has 114 valence electrons. The molecule has 0 amide bonds. The van der Waals surface area contributed by atoms with Gasteiger partial charge in [0.05, 0.1) is 22.8 Å². The Kier molecular flexibility index (Phi) is 4.76. The van der Waals surface area contributed by atoms with Crippen molar-refractivity contribution in [3.05, 3.63) is 54.1 Å². The standard InChI is InChI=1S/C19H23N3/c1-19(2,3)18(14-10-6-7-11-15(14)20-4)22-17-13-9-8-12-16(17)21-5/h6-13,21H,4H2,1-3,5H3. The molecule has 2 aromatic rings. The molecule has 0 aromatic heterocycles. The smallest absolute Gasteiger partial charge is 0.0864 e. The summed E-state index contributed by atoms with van der Waals surface area (Å²) in [6.45, 7) is 10.2. The van der Waals surface area contributed by atoms with Gasteiger partial charge in [0, 0.05) is 18.0 Å². The number of anilines is 1. The summed E-state index contributed by atoms with van der Waals surface area (Å²) in [6, 6.07) is 16.0. The minimum atomic E-state index is -0.109. The molecule has 0 aliphatic carbocycles. The van der Waals surface area contributed by atoms with Crippen LogP contribution in [0.25, 0.3) is 0 Å². The van der Waals surface area contributed by atoms with Gasteiger partial charge < -0.3 is 5.32 Å². The first-order chi connectivity index (χ1) is 10.5. The number of para-hydroxylation sites is 3. The van der Waals surface area contributed by atoms with Gasteiger partial charge in [-0.25, -0.2) is 0 Å². The van der Waals surface area contributed by atoms with Crippen molar-refractivity contribution in [3.63, 3.8) is 0 Å². The first kappa shape index (κ1) is 16.0. The van der Waals surface area contributed by atoms with Crippen LogP contribution in [0.15, 0.2) is 58.5 Å². The summed E-state index contributed by atoms with van der Waals surface area (Å²) < 4.78 is 0. The largest absolute Gasteiger partial charge is 0.386 e. The number of rotatable bonds is 4. The second-order valence-corrected chi connectivity index (χ2v) is 6.15. The topological polar surface area (TPSA) is 36.8 Å². The normalized spacial score (nSPS) is 12.1. The fraction of sp³-hybridized carbons (Fsp3) is 0.263. The van der Waals surface area contributed by atoms with E-state index in [9.17, 15) is 0 Å². The van der Waals surface area contributed by atoms with E-state index in [1.54, 1.807) is 0 Å². The van der Waals surface area contributed by atoms with Crippen molar-refractivity contribution < 1.29 is 0 Å². The Morgan fingerprint density at radius 2 is 1.55 bits per heavy atom. The lowest BCUT2D eigenvalue weighted by Crippen LogP contribution is -2.21. The van der Waals surface area contributed by atoms with E-state index in [1.165, 1.54) is 0 Å². The Balaban J connectivity index is 2.66. The van der Waals surface area contributed by atoms with Crippen LogP contribution < -0.4 is 5.32 Å². The molecule has 0 spiro atoms. The van der Waals surface area contributed by atoms with Gasteiger partial charge in [0.2, 0.25) is 0 Å². The molecule has 22 heavy (non-hydrogen) atoms. The molecule has 1 N–H and O–H groups in total. The van der Waals surface area contributed by atoms with Crippen LogP contribution in [0.4, 0.5) is 17.1 Å². The maximum atomic E-state index is 4.95. The van der Waals surface area contributed by atoms with Crippen molar-refractivity contribution in [2.24, 2.45) is 15.4 Å². The van der Waals surface area contributed by atoms with Gasteiger partial charge in [-0.1, -0.05) is 51.1 Å². The van der Waals surface area contributed by atoms with Crippen molar-refractivity contribution >= 4 is 29.5 Å². The van der Waals surface area contributed by atoms with Crippen LogP contribution in [0.1, 0.15) is 26.3 Å². The first-order valence-electron chi connectivity index (χ1n) is 7.39. The fourth-order valence-corrected chi connectivity index (χ4v) is 2.35. The molecular formula is C19H23N3. The molecule has 3 nitrogen and oxygen atoms in total. The van der Waals surface area contributed by atoms with Crippen LogP contribution in [-0.2, 0) is 0 Å². The summed E-state index contributed by atoms with van der Waals surface area (Å²) in [6.07, 6.45) is 0. The highest BCUT2D eigenvalue weighted by Gasteiger charge is 2.23. The first-order valence-corrected chi connectivity index (χ1v) is 7.39. The van der Waals surface area contributed by atoms with E-state index in [-0.39, 0.29) is 5.41 Å². The average molecular weight is 293 g/mol. The zero-order chi connectivity index (χ0) is 16.2. The number of aliphatic imine (C=N–C) groups is 2. The van der Waals surface area contributed by atoms with Crippen LogP contribution in [-0.4, -0.2) is 19.5 Å². The van der Waals surface area contributed by atoms with Gasteiger partial charge in [-0.3, -0.25) is 9.98 Å². The van der Waals surface area contributed by atoms with Crippen LogP contribution in [0.3, 0.4) is 0 Å². The van der Waals surface area contributed by atoms with E-state index >= 15 is 0 Å². The van der Waals surface area contributed by atoms with Crippen molar-refractivity contribution in [3.8, 4) is 0 Å². The predicted molar refractivity (Wildman–Crippen MR) is 97.3 cm³/mol. The number of hydrogen-bond donors (Lipinski definition) is 1. The van der Waals surface area contributed by atoms with E-state index in [1.807, 2.05) is 49.5 Å². The second-order valence-electron chi connectivity index (χ2n) is 6.15. The Hall–Kier alpha value is -2.42.